The minimum atomic E-state index is -0.519. The Kier molecular flexibility index (Phi) is 15.3. The molecule has 7 nitrogen and oxygen atoms in total. The van der Waals surface area contributed by atoms with Gasteiger partial charge in [0.15, 0.2) is 0 Å². The average Bonchev–Trinajstić information content (AvgIpc) is 2.88. The van der Waals surface area contributed by atoms with Gasteiger partial charge >= 0.3 is 0 Å². The number of anilines is 2. The molecule has 0 aromatic heterocycles. The van der Waals surface area contributed by atoms with E-state index < -0.39 is 4.92 Å². The Morgan fingerprint density at radius 3 is 2.54 bits per heavy atom. The number of rotatable bonds is 5. The molecule has 1 aliphatic heterocycles. The molecule has 2 rings (SSSR count). The number of nitrogen functional groups attached to an aromatic ring is 1. The van der Waals surface area contributed by atoms with E-state index in [1.807, 2.05) is 19.4 Å². The number of benzene rings is 1. The number of nitro benzene ring substituents is 1. The number of halogens is 5. The zero-order valence-electron chi connectivity index (χ0n) is 12.6. The van der Waals surface area contributed by atoms with Gasteiger partial charge in [-0.05, 0) is 6.07 Å². The summed E-state index contributed by atoms with van der Waals surface area (Å²) in [5, 5.41) is 14.3. The van der Waals surface area contributed by atoms with Crippen molar-refractivity contribution in [1.29, 1.82) is 0 Å². The van der Waals surface area contributed by atoms with Gasteiger partial charge in [0.25, 0.3) is 5.69 Å². The molecule has 3 N–H and O–H groups in total. The van der Waals surface area contributed by atoms with Gasteiger partial charge in [0, 0.05) is 75.8 Å². The molecule has 0 atom stereocenters. The third-order valence-corrected chi connectivity index (χ3v) is 3.28. The summed E-state index contributed by atoms with van der Waals surface area (Å²) in [5.74, 6) is 0. The van der Waals surface area contributed by atoms with Crippen LogP contribution in [0.4, 0.5) is 17.1 Å². The molecule has 1 aliphatic rings. The molecule has 0 saturated carbocycles. The van der Waals surface area contributed by atoms with E-state index in [9.17, 15) is 10.1 Å². The van der Waals surface area contributed by atoms with Crippen LogP contribution >= 0.6 is 72.8 Å². The summed E-state index contributed by atoms with van der Waals surface area (Å²) in [6.45, 7) is 2.23. The monoisotopic (exact) mass is 758 g/mol. The highest BCUT2D eigenvalue weighted by Crippen LogP contribution is 2.32. The van der Waals surface area contributed by atoms with E-state index in [2.05, 4.69) is 52.3 Å². The van der Waals surface area contributed by atoms with E-state index >= 15 is 0 Å². The number of nitrogens with two attached hydrogens (primary N) is 1. The van der Waals surface area contributed by atoms with Crippen molar-refractivity contribution >= 4 is 89.9 Å². The van der Waals surface area contributed by atoms with E-state index in [0.29, 0.717) is 17.3 Å². The summed E-state index contributed by atoms with van der Waals surface area (Å²) >= 11 is 10.3. The molecule has 0 amide bonds. The lowest BCUT2D eigenvalue weighted by molar-refractivity contribution is -0.383. The van der Waals surface area contributed by atoms with Crippen LogP contribution in [0.3, 0.4) is 0 Å². The van der Waals surface area contributed by atoms with E-state index in [0.717, 1.165) is 13.2 Å². The fraction of sp³-hybridized carbons (Fsp3) is 0.333. The molecule has 1 aromatic rings. The molecule has 138 valence electrons. The van der Waals surface area contributed by atoms with Gasteiger partial charge in [-0.2, -0.15) is 0 Å². The number of nitrogens with zero attached hydrogens (tertiary/aromatic N) is 3. The fourth-order valence-corrected chi connectivity index (χ4v) is 2.18. The first-order valence-electron chi connectivity index (χ1n) is 6.21. The number of hydrogen-bond acceptors (Lipinski definition) is 6. The number of nitrogens with one attached hydrogen (secondary N) is 1. The van der Waals surface area contributed by atoms with Crippen molar-refractivity contribution in [3.63, 3.8) is 0 Å². The predicted molar refractivity (Wildman–Crippen MR) is 123 cm³/mol. The second-order valence-electron chi connectivity index (χ2n) is 4.58. The lowest BCUT2D eigenvalue weighted by atomic mass is 10.2. The van der Waals surface area contributed by atoms with Crippen molar-refractivity contribution in [3.05, 3.63) is 39.7 Å². The first-order chi connectivity index (χ1) is 10.5. The maximum Gasteiger partial charge on any atom is 0.294 e. The Labute approximate surface area is 197 Å². The normalized spacial score (nSPS) is 11.8. The van der Waals surface area contributed by atoms with Crippen molar-refractivity contribution in [2.24, 2.45) is 0 Å². The zero-order chi connectivity index (χ0) is 16.7. The Bertz CT molecular complexity index is 568. The Morgan fingerprint density at radius 2 is 2.04 bits per heavy atom. The van der Waals surface area contributed by atoms with Crippen LogP contribution in [-0.4, -0.2) is 41.5 Å². The maximum atomic E-state index is 10.8. The molecule has 0 saturated heterocycles. The lowest BCUT2D eigenvalue weighted by Crippen LogP contribution is -3.00. The summed E-state index contributed by atoms with van der Waals surface area (Å²) < 4.78 is 0. The lowest BCUT2D eigenvalue weighted by Gasteiger charge is -2.18. The third kappa shape index (κ3) is 8.27. The van der Waals surface area contributed by atoms with Gasteiger partial charge < -0.3 is 37.8 Å². The van der Waals surface area contributed by atoms with Crippen LogP contribution in [0, 0.1) is 10.1 Å². The van der Waals surface area contributed by atoms with Gasteiger partial charge in [-0.1, -0.05) is 11.6 Å². The van der Waals surface area contributed by atoms with Crippen molar-refractivity contribution < 1.29 is 21.9 Å². The molecule has 0 fully saturated rings. The second kappa shape index (κ2) is 13.7. The van der Waals surface area contributed by atoms with Gasteiger partial charge in [0.2, 0.25) is 0 Å². The molecule has 12 heteroatoms. The smallest absolute Gasteiger partial charge is 0.294 e. The van der Waals surface area contributed by atoms with E-state index in [1.54, 1.807) is 0 Å². The Hall–Kier alpha value is 0.520. The van der Waals surface area contributed by atoms with Crippen LogP contribution in [0.2, 0.25) is 5.02 Å². The van der Waals surface area contributed by atoms with Gasteiger partial charge in [0.1, 0.15) is 5.69 Å². The van der Waals surface area contributed by atoms with Crippen molar-refractivity contribution in [2.75, 3.05) is 37.9 Å². The highest BCUT2D eigenvalue weighted by molar-refractivity contribution is 15.0. The highest BCUT2D eigenvalue weighted by atomic mass is 128. The minimum Gasteiger partial charge on any atom is -1.00 e. The molecule has 1 heterocycles. The summed E-state index contributed by atoms with van der Waals surface area (Å²) in [4.78, 5) is 14.5. The maximum absolute atomic E-state index is 10.8. The van der Waals surface area contributed by atoms with Gasteiger partial charge in [0.05, 0.1) is 22.3 Å². The molecule has 0 unspecified atom stereocenters. The van der Waals surface area contributed by atoms with E-state index in [-0.39, 0.29) is 52.3 Å². The minimum absolute atomic E-state index is 0. The highest BCUT2D eigenvalue weighted by Gasteiger charge is 2.15. The molecule has 0 radical (unpaired) electrons. The van der Waals surface area contributed by atoms with Crippen molar-refractivity contribution in [1.82, 2.24) is 9.80 Å². The van der Waals surface area contributed by atoms with Crippen LogP contribution in [-0.2, 0) is 0 Å². The van der Waals surface area contributed by atoms with Crippen LogP contribution in [0.25, 0.3) is 0 Å². The molecule has 1 aromatic carbocycles. The summed E-state index contributed by atoms with van der Waals surface area (Å²) in [5.41, 5.74) is 6.00. The topological polar surface area (TPSA) is 87.7 Å². The molecular weight excluding hydrogens is 742 g/mol. The Morgan fingerprint density at radius 1 is 1.42 bits per heavy atom. The first-order valence-corrected chi connectivity index (χ1v) is 12.9. The predicted octanol–water partition coefficient (Wildman–Crippen LogP) is 1.31. The first kappa shape index (κ1) is 26.7. The van der Waals surface area contributed by atoms with Crippen LogP contribution in [0.5, 0.6) is 0 Å². The summed E-state index contributed by atoms with van der Waals surface area (Å²) in [7, 11) is 1.99. The standard InChI is InChI=1S/C12H16ClN5O2.BrH.I2.HI/c1-16-4-5-17(8-16)3-2-15-11-7-12(18(19)20)10(14)6-9(11)13;;1-2;/h4-7,15H,2-3,8,14H2,1H3;1H;;1H/p-1. The van der Waals surface area contributed by atoms with Crippen molar-refractivity contribution in [2.45, 2.75) is 0 Å². The van der Waals surface area contributed by atoms with Gasteiger partial charge in [-0.3, -0.25) is 10.1 Å². The van der Waals surface area contributed by atoms with E-state index in [1.165, 1.54) is 12.1 Å². The number of hydrogen-bond donors (Lipinski definition) is 2. The fourth-order valence-electron chi connectivity index (χ4n) is 1.94. The third-order valence-electron chi connectivity index (χ3n) is 2.96. The van der Waals surface area contributed by atoms with Crippen LogP contribution in [0.15, 0.2) is 24.5 Å². The summed E-state index contributed by atoms with van der Waals surface area (Å²) in [6.07, 6.45) is 3.98. The second-order valence-corrected chi connectivity index (χ2v) is 4.99. The van der Waals surface area contributed by atoms with Gasteiger partial charge in [-0.15, -0.1) is 24.0 Å². The summed E-state index contributed by atoms with van der Waals surface area (Å²) in [6, 6.07) is 2.76. The van der Waals surface area contributed by atoms with Gasteiger partial charge in [-0.25, -0.2) is 0 Å². The molecule has 0 aliphatic carbocycles. The average molecular weight is 759 g/mol. The van der Waals surface area contributed by atoms with Crippen molar-refractivity contribution in [3.8, 4) is 0 Å². The quantitative estimate of drug-likeness (QED) is 0.204. The Balaban J connectivity index is 0. The SMILES string of the molecule is CN1C=CN(CCNc2cc([N+](=O)[O-])c(N)cc2Cl)C1.I.II.[Br-]. The van der Waals surface area contributed by atoms with Crippen LogP contribution < -0.4 is 28.0 Å². The number of nitro groups is 1. The van der Waals surface area contributed by atoms with Crippen LogP contribution in [0.1, 0.15) is 0 Å². The largest absolute Gasteiger partial charge is 1.00 e. The molecule has 0 bridgehead atoms. The zero-order valence-corrected chi connectivity index (χ0v) is 21.6. The molecular formula is C12H17BrClI3N5O2-. The van der Waals surface area contributed by atoms with E-state index in [4.69, 9.17) is 17.3 Å². The molecule has 0 spiro atoms. The molecule has 24 heavy (non-hydrogen) atoms.